The molecule has 160 valence electrons. The Balaban J connectivity index is 1.60. The van der Waals surface area contributed by atoms with E-state index in [-0.39, 0.29) is 10.8 Å². The van der Waals surface area contributed by atoms with Crippen LogP contribution in [0.15, 0.2) is 80.1 Å². The molecule has 0 saturated heterocycles. The second-order valence-corrected chi connectivity index (χ2v) is 9.67. The van der Waals surface area contributed by atoms with Gasteiger partial charge in [-0.05, 0) is 68.5 Å². The highest BCUT2D eigenvalue weighted by Gasteiger charge is 2.29. The molecule has 2 aromatic carbocycles. The van der Waals surface area contributed by atoms with Gasteiger partial charge in [0.25, 0.3) is 5.91 Å². The van der Waals surface area contributed by atoms with Gasteiger partial charge in [-0.3, -0.25) is 4.79 Å². The number of allylic oxidation sites excluding steroid dienone is 2. The molecule has 10 heteroatoms. The molecule has 0 radical (unpaired) electrons. The van der Waals surface area contributed by atoms with E-state index in [4.69, 9.17) is 11.6 Å². The Morgan fingerprint density at radius 2 is 1.87 bits per heavy atom. The summed E-state index contributed by atoms with van der Waals surface area (Å²) < 4.78 is 33.3. The summed E-state index contributed by atoms with van der Waals surface area (Å²) in [5, 5.41) is 7.11. The Morgan fingerprint density at radius 3 is 2.52 bits per heavy atom. The lowest BCUT2D eigenvalue weighted by Crippen LogP contribution is -2.21. The fourth-order valence-electron chi connectivity index (χ4n) is 3.32. The van der Waals surface area contributed by atoms with Crippen molar-refractivity contribution >= 4 is 56.5 Å². The highest BCUT2D eigenvalue weighted by molar-refractivity contribution is 8.03. The number of rotatable bonds is 4. The number of hydrogen-bond acceptors (Lipinski definition) is 7. The van der Waals surface area contributed by atoms with Gasteiger partial charge in [0.1, 0.15) is 10.1 Å². The van der Waals surface area contributed by atoms with E-state index >= 15 is 0 Å². The molecule has 0 spiro atoms. The van der Waals surface area contributed by atoms with E-state index in [1.807, 2.05) is 31.2 Å². The van der Waals surface area contributed by atoms with E-state index < -0.39 is 10.1 Å². The van der Waals surface area contributed by atoms with E-state index in [0.717, 1.165) is 34.3 Å². The van der Waals surface area contributed by atoms with Gasteiger partial charge in [-0.1, -0.05) is 23.4 Å². The monoisotopic (exact) mass is 474 g/mol. The van der Waals surface area contributed by atoms with Gasteiger partial charge < -0.3 is 9.45 Å². The van der Waals surface area contributed by atoms with Crippen molar-refractivity contribution in [1.82, 2.24) is 0 Å². The molecule has 0 saturated carbocycles. The standard InChI is InChI=1S/C21H18ClN3O4S2/c1-3-24-18-12-14(22)4-10-19(18)30-20(24)11-9-17-13(2)23-25(21(17)26)15-5-7-16(8-6-15)31(27,28)29/h4-12H,3H2,1-2H3,(H,27,28,29)/p-1/b17-9-,20-11-. The van der Waals surface area contributed by atoms with Crippen molar-refractivity contribution in [3.8, 4) is 0 Å². The average Bonchev–Trinajstić information content (AvgIpc) is 3.21. The van der Waals surface area contributed by atoms with Crippen LogP contribution in [0, 0.1) is 0 Å². The lowest BCUT2D eigenvalue weighted by molar-refractivity contribution is -0.114. The number of benzene rings is 2. The Labute approximate surface area is 189 Å². The molecule has 0 unspecified atom stereocenters. The fraction of sp³-hybridized carbons (Fsp3) is 0.143. The van der Waals surface area contributed by atoms with Crippen molar-refractivity contribution in [2.24, 2.45) is 5.10 Å². The maximum absolute atomic E-state index is 12.9. The zero-order valence-electron chi connectivity index (χ0n) is 16.6. The Kier molecular flexibility index (Phi) is 5.69. The number of halogens is 1. The Hall–Kier alpha value is -2.59. The van der Waals surface area contributed by atoms with Crippen LogP contribution in [0.5, 0.6) is 0 Å². The predicted octanol–water partition coefficient (Wildman–Crippen LogP) is 4.37. The first kappa shape index (κ1) is 21.6. The van der Waals surface area contributed by atoms with Crippen LogP contribution in [0.1, 0.15) is 13.8 Å². The Bertz CT molecular complexity index is 1270. The van der Waals surface area contributed by atoms with Gasteiger partial charge in [0.05, 0.1) is 32.6 Å². The van der Waals surface area contributed by atoms with Crippen LogP contribution in [0.25, 0.3) is 0 Å². The van der Waals surface area contributed by atoms with Crippen molar-refractivity contribution < 1.29 is 17.8 Å². The topological polar surface area (TPSA) is 93.1 Å². The molecular formula is C21H17ClN3O4S2-. The quantitative estimate of drug-likeness (QED) is 0.482. The van der Waals surface area contributed by atoms with Crippen LogP contribution in [0.4, 0.5) is 11.4 Å². The van der Waals surface area contributed by atoms with E-state index in [0.29, 0.717) is 22.0 Å². The number of hydrogen-bond donors (Lipinski definition) is 0. The molecule has 2 heterocycles. The number of nitrogens with zero attached hydrogens (tertiary/aromatic N) is 3. The number of amides is 1. The van der Waals surface area contributed by atoms with Gasteiger partial charge in [0.15, 0.2) is 0 Å². The minimum Gasteiger partial charge on any atom is -0.744 e. The molecule has 0 aliphatic carbocycles. The van der Waals surface area contributed by atoms with Gasteiger partial charge in [-0.25, -0.2) is 8.42 Å². The van der Waals surface area contributed by atoms with Crippen LogP contribution in [0.3, 0.4) is 0 Å². The normalized spacial score (nSPS) is 18.8. The lowest BCUT2D eigenvalue weighted by Gasteiger charge is -2.17. The Morgan fingerprint density at radius 1 is 1.16 bits per heavy atom. The number of carbonyl (C=O) groups is 1. The summed E-state index contributed by atoms with van der Waals surface area (Å²) in [4.78, 5) is 15.8. The minimum atomic E-state index is -4.55. The van der Waals surface area contributed by atoms with Gasteiger partial charge in [0.2, 0.25) is 0 Å². The SMILES string of the molecule is CCN1/C(=C/C=C2\C(=O)N(c3ccc(S(=O)(=O)[O-])cc3)N=C2C)Sc2ccc(Cl)cc21. The number of hydrazone groups is 1. The number of thioether (sulfide) groups is 1. The summed E-state index contributed by atoms with van der Waals surface area (Å²) in [5.41, 5.74) is 2.37. The molecule has 0 N–H and O–H groups in total. The van der Waals surface area contributed by atoms with E-state index in [1.165, 1.54) is 17.1 Å². The highest BCUT2D eigenvalue weighted by Crippen LogP contribution is 2.46. The second-order valence-electron chi connectivity index (χ2n) is 6.79. The van der Waals surface area contributed by atoms with Crippen LogP contribution >= 0.6 is 23.4 Å². The van der Waals surface area contributed by atoms with Gasteiger partial charge >= 0.3 is 0 Å². The zero-order chi connectivity index (χ0) is 22.3. The van der Waals surface area contributed by atoms with Crippen molar-refractivity contribution in [2.45, 2.75) is 23.6 Å². The van der Waals surface area contributed by atoms with Crippen molar-refractivity contribution in [2.75, 3.05) is 16.5 Å². The lowest BCUT2D eigenvalue weighted by atomic mass is 10.1. The summed E-state index contributed by atoms with van der Waals surface area (Å²) in [5.74, 6) is -0.335. The smallest absolute Gasteiger partial charge is 0.280 e. The summed E-state index contributed by atoms with van der Waals surface area (Å²) in [6, 6.07) is 10.8. The molecule has 1 amide bonds. The number of anilines is 2. The first-order valence-corrected chi connectivity index (χ1v) is 11.9. The molecule has 31 heavy (non-hydrogen) atoms. The van der Waals surface area contributed by atoms with Crippen molar-refractivity contribution in [1.29, 1.82) is 0 Å². The average molecular weight is 475 g/mol. The molecule has 0 bridgehead atoms. The largest absolute Gasteiger partial charge is 0.744 e. The van der Waals surface area contributed by atoms with Gasteiger partial charge in [0, 0.05) is 16.5 Å². The molecule has 2 aliphatic rings. The molecule has 0 fully saturated rings. The van der Waals surface area contributed by atoms with Gasteiger partial charge in [-0.15, -0.1) is 0 Å². The van der Waals surface area contributed by atoms with Crippen molar-refractivity contribution in [3.05, 3.63) is 70.2 Å². The molecule has 0 aromatic heterocycles. The maximum atomic E-state index is 12.9. The molecule has 2 aromatic rings. The molecular weight excluding hydrogens is 458 g/mol. The third-order valence-corrected chi connectivity index (χ3v) is 7.05. The third kappa shape index (κ3) is 4.14. The zero-order valence-corrected chi connectivity index (χ0v) is 19.0. The van der Waals surface area contributed by atoms with Crippen molar-refractivity contribution in [3.63, 3.8) is 0 Å². The van der Waals surface area contributed by atoms with E-state index in [1.54, 1.807) is 24.8 Å². The molecule has 2 aliphatic heterocycles. The first-order valence-electron chi connectivity index (χ1n) is 9.32. The van der Waals surface area contributed by atoms with Crippen LogP contribution < -0.4 is 9.91 Å². The maximum Gasteiger partial charge on any atom is 0.280 e. The summed E-state index contributed by atoms with van der Waals surface area (Å²) in [7, 11) is -4.55. The summed E-state index contributed by atoms with van der Waals surface area (Å²) >= 11 is 7.73. The van der Waals surface area contributed by atoms with Crippen LogP contribution in [0.2, 0.25) is 5.02 Å². The third-order valence-electron chi connectivity index (χ3n) is 4.83. The minimum absolute atomic E-state index is 0.335. The molecule has 4 rings (SSSR count). The second kappa shape index (κ2) is 8.16. The van der Waals surface area contributed by atoms with Crippen LogP contribution in [-0.2, 0) is 14.9 Å². The van der Waals surface area contributed by atoms with E-state index in [9.17, 15) is 17.8 Å². The number of carbonyl (C=O) groups excluding carboxylic acids is 1. The van der Waals surface area contributed by atoms with E-state index in [2.05, 4.69) is 10.0 Å². The molecule has 7 nitrogen and oxygen atoms in total. The first-order chi connectivity index (χ1) is 14.7. The molecule has 0 atom stereocenters. The number of fused-ring (bicyclic) bond motifs is 1. The van der Waals surface area contributed by atoms with Gasteiger partial charge in [-0.2, -0.15) is 10.1 Å². The summed E-state index contributed by atoms with van der Waals surface area (Å²) in [6.07, 6.45) is 3.61. The summed E-state index contributed by atoms with van der Waals surface area (Å²) in [6.45, 7) is 4.52. The fourth-order valence-corrected chi connectivity index (χ4v) is 5.06. The van der Waals surface area contributed by atoms with Crippen LogP contribution in [-0.4, -0.2) is 31.1 Å². The predicted molar refractivity (Wildman–Crippen MR) is 121 cm³/mol. The highest BCUT2D eigenvalue weighted by atomic mass is 35.5.